The summed E-state index contributed by atoms with van der Waals surface area (Å²) in [6.45, 7) is 11.7. The molecule has 0 aliphatic rings. The van der Waals surface area contributed by atoms with Gasteiger partial charge >= 0.3 is 0 Å². The van der Waals surface area contributed by atoms with E-state index in [1.165, 1.54) is 57.8 Å². The molecule has 0 spiro atoms. The van der Waals surface area contributed by atoms with Crippen LogP contribution in [0.15, 0.2) is 0 Å². The maximum atomic E-state index is 2.38. The van der Waals surface area contributed by atoms with Crippen molar-refractivity contribution < 1.29 is 0 Å². The predicted octanol–water partition coefficient (Wildman–Crippen LogP) is 6.16. The van der Waals surface area contributed by atoms with Crippen molar-refractivity contribution in [1.82, 2.24) is 0 Å². The van der Waals surface area contributed by atoms with Gasteiger partial charge in [-0.3, -0.25) is 0 Å². The summed E-state index contributed by atoms with van der Waals surface area (Å²) in [7, 11) is 0. The third-order valence-corrected chi connectivity index (χ3v) is 4.47. The fraction of sp³-hybridized carbons (Fsp3) is 0.938. The van der Waals surface area contributed by atoms with Crippen LogP contribution in [0.5, 0.6) is 0 Å². The van der Waals surface area contributed by atoms with Crippen molar-refractivity contribution in [1.29, 1.82) is 0 Å². The third kappa shape index (κ3) is 4.47. The maximum absolute atomic E-state index is 2.38. The minimum atomic E-state index is 0.567. The molecule has 0 atom stereocenters. The van der Waals surface area contributed by atoms with E-state index >= 15 is 0 Å². The highest BCUT2D eigenvalue weighted by Crippen LogP contribution is 2.45. The molecule has 0 aliphatic carbocycles. The minimum absolute atomic E-state index is 0.567. The monoisotopic (exact) mass is 225 g/mol. The average molecular weight is 225 g/mol. The van der Waals surface area contributed by atoms with Gasteiger partial charge in [-0.2, -0.15) is 0 Å². The molecule has 0 unspecified atom stereocenters. The van der Waals surface area contributed by atoms with Crippen molar-refractivity contribution >= 4 is 0 Å². The normalized spacial score (nSPS) is 12.4. The molecule has 0 heteroatoms. The third-order valence-electron chi connectivity index (χ3n) is 4.47. The van der Waals surface area contributed by atoms with Gasteiger partial charge in [-0.05, 0) is 43.4 Å². The summed E-state index contributed by atoms with van der Waals surface area (Å²) in [5.74, 6) is 1.81. The van der Waals surface area contributed by atoms with Gasteiger partial charge in [0.15, 0.2) is 0 Å². The molecule has 0 aromatic heterocycles. The zero-order valence-electron chi connectivity index (χ0n) is 12.4. The van der Waals surface area contributed by atoms with Crippen molar-refractivity contribution in [2.24, 2.45) is 5.41 Å². The van der Waals surface area contributed by atoms with Crippen LogP contribution < -0.4 is 0 Å². The van der Waals surface area contributed by atoms with E-state index in [2.05, 4.69) is 34.6 Å². The van der Waals surface area contributed by atoms with Crippen LogP contribution in [0, 0.1) is 11.3 Å². The van der Waals surface area contributed by atoms with Crippen LogP contribution in [-0.2, 0) is 0 Å². The molecule has 0 amide bonds. The summed E-state index contributed by atoms with van der Waals surface area (Å²) in [5.41, 5.74) is 0.567. The van der Waals surface area contributed by atoms with Gasteiger partial charge in [-0.1, -0.05) is 60.3 Å². The second-order valence-electron chi connectivity index (χ2n) is 5.11. The van der Waals surface area contributed by atoms with Crippen molar-refractivity contribution in [3.05, 3.63) is 5.92 Å². The van der Waals surface area contributed by atoms with E-state index in [9.17, 15) is 0 Å². The zero-order chi connectivity index (χ0) is 12.4. The summed E-state index contributed by atoms with van der Waals surface area (Å²) >= 11 is 0. The molecule has 16 heavy (non-hydrogen) atoms. The second kappa shape index (κ2) is 9.07. The van der Waals surface area contributed by atoms with Crippen molar-refractivity contribution in [2.75, 3.05) is 0 Å². The summed E-state index contributed by atoms with van der Waals surface area (Å²) in [4.78, 5) is 0. The molecule has 1 radical (unpaired) electrons. The molecule has 0 saturated heterocycles. The lowest BCUT2D eigenvalue weighted by molar-refractivity contribution is 0.230. The van der Waals surface area contributed by atoms with Gasteiger partial charge in [0, 0.05) is 0 Å². The Morgan fingerprint density at radius 2 is 1.31 bits per heavy atom. The lowest BCUT2D eigenvalue weighted by Gasteiger charge is -2.39. The van der Waals surface area contributed by atoms with Crippen LogP contribution in [0.2, 0.25) is 0 Å². The molecule has 97 valence electrons. The Kier molecular flexibility index (Phi) is 9.07. The molecular formula is C16H33. The molecular weight excluding hydrogens is 192 g/mol. The molecule has 0 aliphatic heterocycles. The Hall–Kier alpha value is 0. The van der Waals surface area contributed by atoms with Crippen LogP contribution in [0.1, 0.15) is 92.4 Å². The second-order valence-corrected chi connectivity index (χ2v) is 5.11. The first-order valence-electron chi connectivity index (χ1n) is 7.55. The summed E-state index contributed by atoms with van der Waals surface area (Å²) in [6, 6.07) is 0. The van der Waals surface area contributed by atoms with E-state index in [1.807, 2.05) is 5.92 Å². The summed E-state index contributed by atoms with van der Waals surface area (Å²) in [6.07, 6.45) is 12.3. The fourth-order valence-corrected chi connectivity index (χ4v) is 3.17. The van der Waals surface area contributed by atoms with E-state index in [4.69, 9.17) is 0 Å². The first kappa shape index (κ1) is 16.0. The molecule has 0 nitrogen and oxygen atoms in total. The zero-order valence-corrected chi connectivity index (χ0v) is 12.4. The molecule has 0 fully saturated rings. The molecule has 0 heterocycles. The van der Waals surface area contributed by atoms with Gasteiger partial charge in [0.2, 0.25) is 0 Å². The molecule has 0 saturated carbocycles. The Balaban J connectivity index is 4.30. The Morgan fingerprint density at radius 1 is 0.750 bits per heavy atom. The quantitative estimate of drug-likeness (QED) is 0.391. The molecule has 0 aromatic rings. The van der Waals surface area contributed by atoms with Gasteiger partial charge in [-0.25, -0.2) is 0 Å². The van der Waals surface area contributed by atoms with E-state index in [0.717, 1.165) is 0 Å². The minimum Gasteiger partial charge on any atom is -0.0654 e. The number of rotatable bonds is 10. The lowest BCUT2D eigenvalue weighted by atomic mass is 9.66. The smallest absolute Gasteiger partial charge is 0.0185 e. The van der Waals surface area contributed by atoms with Gasteiger partial charge in [0.25, 0.3) is 0 Å². The SMILES string of the molecule is CCCCCCC(CC)(CC)[C](CC)CC. The lowest BCUT2D eigenvalue weighted by Crippen LogP contribution is -2.27. The molecule has 0 rings (SSSR count). The fourth-order valence-electron chi connectivity index (χ4n) is 3.17. The highest BCUT2D eigenvalue weighted by atomic mass is 14.4. The standard InChI is InChI=1S/C16H33/c1-6-11-12-13-14-16(9-4,10-5)15(7-2)8-3/h6-14H2,1-5H3. The summed E-state index contributed by atoms with van der Waals surface area (Å²) in [5, 5.41) is 0. The first-order valence-corrected chi connectivity index (χ1v) is 7.55. The highest BCUT2D eigenvalue weighted by Gasteiger charge is 2.32. The van der Waals surface area contributed by atoms with Crippen molar-refractivity contribution in [3.63, 3.8) is 0 Å². The highest BCUT2D eigenvalue weighted by molar-refractivity contribution is 5.04. The van der Waals surface area contributed by atoms with E-state index in [1.54, 1.807) is 0 Å². The van der Waals surface area contributed by atoms with Crippen LogP contribution in [0.4, 0.5) is 0 Å². The Bertz CT molecular complexity index is 140. The van der Waals surface area contributed by atoms with Gasteiger partial charge in [0.1, 0.15) is 0 Å². The molecule has 0 N–H and O–H groups in total. The van der Waals surface area contributed by atoms with E-state index < -0.39 is 0 Å². The van der Waals surface area contributed by atoms with Crippen molar-refractivity contribution in [3.8, 4) is 0 Å². The molecule has 0 bridgehead atoms. The van der Waals surface area contributed by atoms with E-state index in [-0.39, 0.29) is 0 Å². The molecule has 0 aromatic carbocycles. The van der Waals surface area contributed by atoms with E-state index in [0.29, 0.717) is 5.41 Å². The van der Waals surface area contributed by atoms with Crippen LogP contribution in [0.3, 0.4) is 0 Å². The number of hydrogen-bond acceptors (Lipinski definition) is 0. The Labute approximate surface area is 104 Å². The predicted molar refractivity (Wildman–Crippen MR) is 75.6 cm³/mol. The van der Waals surface area contributed by atoms with Crippen LogP contribution >= 0.6 is 0 Å². The number of hydrogen-bond donors (Lipinski definition) is 0. The topological polar surface area (TPSA) is 0 Å². The number of unbranched alkanes of at least 4 members (excludes halogenated alkanes) is 3. The van der Waals surface area contributed by atoms with Gasteiger partial charge in [0.05, 0.1) is 0 Å². The largest absolute Gasteiger partial charge is 0.0654 e. The van der Waals surface area contributed by atoms with Crippen LogP contribution in [-0.4, -0.2) is 0 Å². The first-order chi connectivity index (χ1) is 7.70. The average Bonchev–Trinajstić information content (AvgIpc) is 2.33. The summed E-state index contributed by atoms with van der Waals surface area (Å²) < 4.78 is 0. The maximum Gasteiger partial charge on any atom is -0.0185 e. The Morgan fingerprint density at radius 3 is 1.69 bits per heavy atom. The van der Waals surface area contributed by atoms with Crippen LogP contribution in [0.25, 0.3) is 0 Å². The van der Waals surface area contributed by atoms with Gasteiger partial charge < -0.3 is 0 Å². The van der Waals surface area contributed by atoms with Crippen molar-refractivity contribution in [2.45, 2.75) is 92.4 Å². The van der Waals surface area contributed by atoms with Gasteiger partial charge in [-0.15, -0.1) is 0 Å².